The van der Waals surface area contributed by atoms with E-state index < -0.39 is 11.6 Å². The molecule has 142 valence electrons. The number of piperazine rings is 1. The van der Waals surface area contributed by atoms with Gasteiger partial charge in [0.05, 0.1) is 17.8 Å². The fourth-order valence-electron chi connectivity index (χ4n) is 3.89. The third-order valence-electron chi connectivity index (χ3n) is 5.54. The summed E-state index contributed by atoms with van der Waals surface area (Å²) in [6.07, 6.45) is 0.715. The van der Waals surface area contributed by atoms with Crippen LogP contribution in [-0.4, -0.2) is 60.4 Å². The SMILES string of the molecule is CN1CC(=O)N(c2ccsc2)C[C@@]12CCN(C(=O)c1ccc(F)c(F)c1)C2. The van der Waals surface area contributed by atoms with Crippen molar-refractivity contribution in [2.24, 2.45) is 0 Å². The molecule has 2 aliphatic heterocycles. The average Bonchev–Trinajstić information content (AvgIpc) is 3.31. The first-order valence-electron chi connectivity index (χ1n) is 8.68. The van der Waals surface area contributed by atoms with Crippen molar-refractivity contribution in [3.63, 3.8) is 0 Å². The van der Waals surface area contributed by atoms with Crippen molar-refractivity contribution < 1.29 is 18.4 Å². The van der Waals surface area contributed by atoms with Crippen molar-refractivity contribution in [2.45, 2.75) is 12.0 Å². The highest BCUT2D eigenvalue weighted by Gasteiger charge is 2.48. The standard InChI is InChI=1S/C19H19F2N3O2S/c1-22-9-17(25)24(14-4-7-27-10-14)12-19(22)5-6-23(11-19)18(26)13-2-3-15(20)16(21)8-13/h2-4,7-8,10H,5-6,9,11-12H2,1H3/t19-/m0/s1. The average molecular weight is 391 g/mol. The Hall–Kier alpha value is -2.32. The van der Waals surface area contributed by atoms with E-state index >= 15 is 0 Å². The van der Waals surface area contributed by atoms with E-state index in [-0.39, 0.29) is 29.5 Å². The Morgan fingerprint density at radius 3 is 2.70 bits per heavy atom. The van der Waals surface area contributed by atoms with Crippen LogP contribution in [0.15, 0.2) is 35.0 Å². The number of halogens is 2. The van der Waals surface area contributed by atoms with E-state index in [2.05, 4.69) is 0 Å². The van der Waals surface area contributed by atoms with Crippen molar-refractivity contribution in [1.29, 1.82) is 0 Å². The number of nitrogens with zero attached hydrogens (tertiary/aromatic N) is 3. The third kappa shape index (κ3) is 3.12. The Bertz CT molecular complexity index is 889. The van der Waals surface area contributed by atoms with Crippen molar-refractivity contribution in [3.05, 3.63) is 52.2 Å². The molecule has 5 nitrogen and oxygen atoms in total. The molecule has 2 aliphatic rings. The molecule has 27 heavy (non-hydrogen) atoms. The van der Waals surface area contributed by atoms with Gasteiger partial charge in [-0.15, -0.1) is 0 Å². The van der Waals surface area contributed by atoms with Gasteiger partial charge in [-0.25, -0.2) is 8.78 Å². The first kappa shape index (κ1) is 18.1. The molecule has 0 unspecified atom stereocenters. The van der Waals surface area contributed by atoms with Crippen LogP contribution in [0.3, 0.4) is 0 Å². The number of carbonyl (C=O) groups is 2. The van der Waals surface area contributed by atoms with Crippen LogP contribution in [-0.2, 0) is 4.79 Å². The van der Waals surface area contributed by atoms with Crippen molar-refractivity contribution in [2.75, 3.05) is 38.1 Å². The van der Waals surface area contributed by atoms with E-state index in [0.29, 0.717) is 26.1 Å². The van der Waals surface area contributed by atoms with Crippen LogP contribution < -0.4 is 4.90 Å². The van der Waals surface area contributed by atoms with E-state index in [1.807, 2.05) is 28.8 Å². The quantitative estimate of drug-likeness (QED) is 0.791. The van der Waals surface area contributed by atoms with Crippen LogP contribution in [0, 0.1) is 11.6 Å². The van der Waals surface area contributed by atoms with E-state index in [4.69, 9.17) is 0 Å². The van der Waals surface area contributed by atoms with Crippen LogP contribution in [0.1, 0.15) is 16.8 Å². The largest absolute Gasteiger partial charge is 0.337 e. The Kier molecular flexibility index (Phi) is 4.47. The van der Waals surface area contributed by atoms with Gasteiger partial charge in [0.25, 0.3) is 5.91 Å². The molecule has 1 spiro atoms. The lowest BCUT2D eigenvalue weighted by atomic mass is 9.93. The number of benzene rings is 1. The molecule has 3 heterocycles. The number of thiophene rings is 1. The normalized spacial score (nSPS) is 23.4. The van der Waals surface area contributed by atoms with Crippen LogP contribution >= 0.6 is 11.3 Å². The first-order valence-corrected chi connectivity index (χ1v) is 9.62. The molecule has 4 rings (SSSR count). The summed E-state index contributed by atoms with van der Waals surface area (Å²) >= 11 is 1.53. The number of amides is 2. The highest BCUT2D eigenvalue weighted by molar-refractivity contribution is 7.08. The molecule has 2 saturated heterocycles. The molecule has 2 aromatic rings. The van der Waals surface area contributed by atoms with Crippen LogP contribution in [0.2, 0.25) is 0 Å². The summed E-state index contributed by atoms with van der Waals surface area (Å²) in [6.45, 7) is 1.73. The highest BCUT2D eigenvalue weighted by atomic mass is 32.1. The molecule has 1 aromatic carbocycles. The van der Waals surface area contributed by atoms with Crippen molar-refractivity contribution in [3.8, 4) is 0 Å². The van der Waals surface area contributed by atoms with Gasteiger partial charge in [-0.1, -0.05) is 0 Å². The maximum Gasteiger partial charge on any atom is 0.254 e. The topological polar surface area (TPSA) is 43.9 Å². The predicted octanol–water partition coefficient (Wildman–Crippen LogP) is 2.59. The van der Waals surface area contributed by atoms with E-state index in [1.54, 1.807) is 9.80 Å². The van der Waals surface area contributed by atoms with Gasteiger partial charge in [0.1, 0.15) is 0 Å². The number of hydrogen-bond acceptors (Lipinski definition) is 4. The van der Waals surface area contributed by atoms with Crippen LogP contribution in [0.5, 0.6) is 0 Å². The molecule has 0 radical (unpaired) electrons. The zero-order valence-corrected chi connectivity index (χ0v) is 15.6. The van der Waals surface area contributed by atoms with Gasteiger partial charge in [0.2, 0.25) is 5.91 Å². The molecular formula is C19H19F2N3O2S. The van der Waals surface area contributed by atoms with E-state index in [1.165, 1.54) is 17.4 Å². The first-order chi connectivity index (χ1) is 12.9. The fraction of sp³-hybridized carbons (Fsp3) is 0.368. The van der Waals surface area contributed by atoms with Crippen LogP contribution in [0.25, 0.3) is 0 Å². The van der Waals surface area contributed by atoms with Gasteiger partial charge < -0.3 is 9.80 Å². The second-order valence-corrected chi connectivity index (χ2v) is 7.93. The Labute approximate surface area is 159 Å². The van der Waals surface area contributed by atoms with Gasteiger partial charge >= 0.3 is 0 Å². The lowest BCUT2D eigenvalue weighted by molar-refractivity contribution is -0.123. The van der Waals surface area contributed by atoms with Crippen molar-refractivity contribution >= 4 is 28.8 Å². The minimum atomic E-state index is -1.03. The zero-order valence-electron chi connectivity index (χ0n) is 14.8. The molecule has 8 heteroatoms. The summed E-state index contributed by atoms with van der Waals surface area (Å²) < 4.78 is 26.6. The zero-order chi connectivity index (χ0) is 19.2. The molecular weight excluding hydrogens is 372 g/mol. The number of likely N-dealkylation sites (tertiary alicyclic amines) is 1. The Balaban J connectivity index is 1.55. The molecule has 2 amide bonds. The lowest BCUT2D eigenvalue weighted by Gasteiger charge is -2.46. The highest BCUT2D eigenvalue weighted by Crippen LogP contribution is 2.34. The Morgan fingerprint density at radius 1 is 1.19 bits per heavy atom. The summed E-state index contributed by atoms with van der Waals surface area (Å²) in [5.74, 6) is -2.29. The molecule has 1 atom stereocenters. The minimum Gasteiger partial charge on any atom is -0.337 e. The number of likely N-dealkylation sites (N-methyl/N-ethyl adjacent to an activating group) is 1. The van der Waals surface area contributed by atoms with Gasteiger partial charge in [-0.3, -0.25) is 14.5 Å². The lowest BCUT2D eigenvalue weighted by Crippen LogP contribution is -2.64. The number of anilines is 1. The summed E-state index contributed by atoms with van der Waals surface area (Å²) in [7, 11) is 1.90. The fourth-order valence-corrected chi connectivity index (χ4v) is 4.53. The predicted molar refractivity (Wildman–Crippen MR) is 98.9 cm³/mol. The maximum atomic E-state index is 13.5. The van der Waals surface area contributed by atoms with Gasteiger partial charge in [0.15, 0.2) is 11.6 Å². The summed E-state index contributed by atoms with van der Waals surface area (Å²) in [5.41, 5.74) is 0.669. The molecule has 1 aromatic heterocycles. The van der Waals surface area contributed by atoms with Crippen LogP contribution in [0.4, 0.5) is 14.5 Å². The van der Waals surface area contributed by atoms with Gasteiger partial charge in [-0.05, 0) is 43.1 Å². The number of hydrogen-bond donors (Lipinski definition) is 0. The molecule has 2 fully saturated rings. The summed E-state index contributed by atoms with van der Waals surface area (Å²) in [6, 6.07) is 5.13. The second kappa shape index (κ2) is 6.69. The maximum absolute atomic E-state index is 13.5. The molecule has 0 bridgehead atoms. The van der Waals surface area contributed by atoms with Crippen molar-refractivity contribution in [1.82, 2.24) is 9.80 Å². The number of carbonyl (C=O) groups excluding carboxylic acids is 2. The van der Waals surface area contributed by atoms with Gasteiger partial charge in [0, 0.05) is 30.6 Å². The van der Waals surface area contributed by atoms with E-state index in [9.17, 15) is 18.4 Å². The second-order valence-electron chi connectivity index (χ2n) is 7.15. The Morgan fingerprint density at radius 2 is 2.00 bits per heavy atom. The molecule has 0 saturated carbocycles. The summed E-state index contributed by atoms with van der Waals surface area (Å²) in [5, 5.41) is 3.87. The van der Waals surface area contributed by atoms with Gasteiger partial charge in [-0.2, -0.15) is 11.3 Å². The summed E-state index contributed by atoms with van der Waals surface area (Å²) in [4.78, 5) is 30.7. The molecule has 0 N–H and O–H groups in total. The monoisotopic (exact) mass is 391 g/mol. The smallest absolute Gasteiger partial charge is 0.254 e. The van der Waals surface area contributed by atoms with E-state index in [0.717, 1.165) is 17.8 Å². The molecule has 0 aliphatic carbocycles. The third-order valence-corrected chi connectivity index (χ3v) is 6.21. The minimum absolute atomic E-state index is 0.0342. The number of rotatable bonds is 2.